The highest BCUT2D eigenvalue weighted by Gasteiger charge is 2.40. The van der Waals surface area contributed by atoms with Crippen LogP contribution in [0.4, 0.5) is 0 Å². The lowest BCUT2D eigenvalue weighted by molar-refractivity contribution is -0.122. The first-order valence-corrected chi connectivity index (χ1v) is 10.8. The van der Waals surface area contributed by atoms with E-state index >= 15 is 0 Å². The minimum absolute atomic E-state index is 0.00598. The van der Waals surface area contributed by atoms with Gasteiger partial charge in [-0.25, -0.2) is 8.42 Å². The Bertz CT molecular complexity index is 555. The fraction of sp³-hybridized carbons (Fsp3) is 0.941. The Morgan fingerprint density at radius 1 is 1.17 bits per heavy atom. The van der Waals surface area contributed by atoms with Crippen molar-refractivity contribution in [3.63, 3.8) is 0 Å². The number of fused-ring (bicyclic) bond motifs is 2. The Kier molecular flexibility index (Phi) is 5.52. The van der Waals surface area contributed by atoms with Crippen molar-refractivity contribution in [1.29, 1.82) is 0 Å². The van der Waals surface area contributed by atoms with Crippen molar-refractivity contribution in [2.75, 3.05) is 25.4 Å². The molecule has 7 heteroatoms. The Balaban J connectivity index is 1.41. The number of nitrogens with zero attached hydrogens (tertiary/aromatic N) is 1. The van der Waals surface area contributed by atoms with E-state index in [1.807, 2.05) is 13.8 Å². The number of ether oxygens (including phenoxy) is 1. The number of morpholine rings is 1. The van der Waals surface area contributed by atoms with Gasteiger partial charge < -0.3 is 10.1 Å². The number of sulfonamides is 1. The third kappa shape index (κ3) is 4.29. The summed E-state index contributed by atoms with van der Waals surface area (Å²) in [6.07, 6.45) is 5.46. The van der Waals surface area contributed by atoms with Crippen LogP contribution < -0.4 is 5.32 Å². The van der Waals surface area contributed by atoms with Crippen molar-refractivity contribution in [2.24, 2.45) is 17.8 Å². The molecule has 6 nitrogen and oxygen atoms in total. The van der Waals surface area contributed by atoms with Crippen LogP contribution in [-0.2, 0) is 19.6 Å². The van der Waals surface area contributed by atoms with E-state index in [4.69, 9.17) is 4.74 Å². The smallest absolute Gasteiger partial charge is 0.220 e. The summed E-state index contributed by atoms with van der Waals surface area (Å²) in [5, 5.41) is 2.81. The third-order valence-corrected chi connectivity index (χ3v) is 7.60. The van der Waals surface area contributed by atoms with E-state index in [-0.39, 0.29) is 30.4 Å². The van der Waals surface area contributed by atoms with Crippen LogP contribution in [0.3, 0.4) is 0 Å². The van der Waals surface area contributed by atoms with Gasteiger partial charge >= 0.3 is 0 Å². The van der Waals surface area contributed by atoms with Crippen LogP contribution in [0.15, 0.2) is 0 Å². The Labute approximate surface area is 145 Å². The summed E-state index contributed by atoms with van der Waals surface area (Å²) in [7, 11) is -3.34. The van der Waals surface area contributed by atoms with E-state index in [9.17, 15) is 13.2 Å². The van der Waals surface area contributed by atoms with Crippen molar-refractivity contribution in [2.45, 2.75) is 58.2 Å². The molecule has 1 N–H and O–H groups in total. The normalized spacial score (nSPS) is 36.8. The number of carbonyl (C=O) groups is 1. The lowest BCUT2D eigenvalue weighted by Gasteiger charge is -2.34. The molecule has 2 saturated carbocycles. The van der Waals surface area contributed by atoms with Crippen LogP contribution in [0.25, 0.3) is 0 Å². The molecule has 24 heavy (non-hydrogen) atoms. The van der Waals surface area contributed by atoms with Gasteiger partial charge in [-0.3, -0.25) is 4.79 Å². The van der Waals surface area contributed by atoms with Crippen molar-refractivity contribution in [1.82, 2.24) is 9.62 Å². The Morgan fingerprint density at radius 2 is 1.88 bits per heavy atom. The fourth-order valence-corrected chi connectivity index (χ4v) is 6.24. The maximum absolute atomic E-state index is 12.4. The first-order valence-electron chi connectivity index (χ1n) is 9.23. The highest BCUT2D eigenvalue weighted by Crippen LogP contribution is 2.49. The summed E-state index contributed by atoms with van der Waals surface area (Å²) in [5.74, 6) is 2.04. The second-order valence-corrected chi connectivity index (χ2v) is 9.97. The van der Waals surface area contributed by atoms with E-state index in [2.05, 4.69) is 5.32 Å². The molecular weight excluding hydrogens is 328 g/mol. The average Bonchev–Trinajstić information content (AvgIpc) is 3.08. The van der Waals surface area contributed by atoms with Gasteiger partial charge in [-0.1, -0.05) is 6.42 Å². The largest absolute Gasteiger partial charge is 0.373 e. The van der Waals surface area contributed by atoms with Crippen molar-refractivity contribution in [3.8, 4) is 0 Å². The van der Waals surface area contributed by atoms with Crippen LogP contribution in [0, 0.1) is 17.8 Å². The molecule has 0 spiro atoms. The molecule has 0 unspecified atom stereocenters. The molecule has 3 rings (SSSR count). The number of carbonyl (C=O) groups excluding carboxylic acids is 1. The molecule has 0 aromatic heterocycles. The third-order valence-electron chi connectivity index (χ3n) is 5.79. The average molecular weight is 359 g/mol. The summed E-state index contributed by atoms with van der Waals surface area (Å²) >= 11 is 0. The summed E-state index contributed by atoms with van der Waals surface area (Å²) in [6, 6.07) is 0. The summed E-state index contributed by atoms with van der Waals surface area (Å²) in [6.45, 7) is 4.75. The van der Waals surface area contributed by atoms with Crippen molar-refractivity contribution < 1.29 is 17.9 Å². The molecule has 3 fully saturated rings. The second-order valence-electron chi connectivity index (χ2n) is 7.88. The maximum Gasteiger partial charge on any atom is 0.220 e. The van der Waals surface area contributed by atoms with Crippen LogP contribution in [0.1, 0.15) is 46.0 Å². The molecular formula is C17H30N2O4S. The molecule has 5 atom stereocenters. The SMILES string of the molecule is C[C@@H]1CN(S(=O)(=O)CCNC(=O)C[C@H]2C[C@H]3CC[C@H]2C3)C[C@H](C)O1. The zero-order valence-electron chi connectivity index (χ0n) is 14.7. The molecule has 1 aliphatic heterocycles. The number of rotatable bonds is 6. The monoisotopic (exact) mass is 358 g/mol. The van der Waals surface area contributed by atoms with Crippen LogP contribution in [0.5, 0.6) is 0 Å². The lowest BCUT2D eigenvalue weighted by Crippen LogP contribution is -2.49. The molecule has 1 heterocycles. The van der Waals surface area contributed by atoms with Gasteiger partial charge in [-0.15, -0.1) is 0 Å². The van der Waals surface area contributed by atoms with Crippen LogP contribution >= 0.6 is 0 Å². The molecule has 2 aliphatic carbocycles. The minimum atomic E-state index is -3.34. The summed E-state index contributed by atoms with van der Waals surface area (Å²) in [5.41, 5.74) is 0. The zero-order valence-corrected chi connectivity index (χ0v) is 15.6. The topological polar surface area (TPSA) is 75.7 Å². The van der Waals surface area contributed by atoms with Gasteiger partial charge in [0.1, 0.15) is 0 Å². The standard InChI is InChI=1S/C17H30N2O4S/c1-12-10-19(11-13(2)23-12)24(21,22)6-5-18-17(20)9-16-8-14-3-4-15(16)7-14/h12-16H,3-11H2,1-2H3,(H,18,20)/t12-,13+,14-,15-,16+/m0/s1. The number of amides is 1. The summed E-state index contributed by atoms with van der Waals surface area (Å²) in [4.78, 5) is 12.1. The molecule has 0 radical (unpaired) electrons. The van der Waals surface area contributed by atoms with Gasteiger partial charge in [0.15, 0.2) is 0 Å². The van der Waals surface area contributed by atoms with Gasteiger partial charge in [0.05, 0.1) is 18.0 Å². The van der Waals surface area contributed by atoms with Crippen LogP contribution in [-0.4, -0.2) is 56.2 Å². The minimum Gasteiger partial charge on any atom is -0.373 e. The highest BCUT2D eigenvalue weighted by atomic mass is 32.2. The maximum atomic E-state index is 12.4. The Morgan fingerprint density at radius 3 is 2.46 bits per heavy atom. The molecule has 2 bridgehead atoms. The number of nitrogens with one attached hydrogen (secondary N) is 1. The number of hydrogen-bond acceptors (Lipinski definition) is 4. The van der Waals surface area contributed by atoms with E-state index in [0.717, 1.165) is 11.8 Å². The quantitative estimate of drug-likeness (QED) is 0.778. The van der Waals surface area contributed by atoms with Crippen molar-refractivity contribution >= 4 is 15.9 Å². The zero-order chi connectivity index (χ0) is 17.3. The van der Waals surface area contributed by atoms with E-state index in [0.29, 0.717) is 25.4 Å². The molecule has 3 aliphatic rings. The van der Waals surface area contributed by atoms with Crippen LogP contribution in [0.2, 0.25) is 0 Å². The summed E-state index contributed by atoms with van der Waals surface area (Å²) < 4.78 is 31.9. The molecule has 138 valence electrons. The van der Waals surface area contributed by atoms with Gasteiger partial charge in [-0.2, -0.15) is 4.31 Å². The van der Waals surface area contributed by atoms with Gasteiger partial charge in [-0.05, 0) is 50.9 Å². The predicted molar refractivity (Wildman–Crippen MR) is 91.9 cm³/mol. The first-order chi connectivity index (χ1) is 11.3. The van der Waals surface area contributed by atoms with Gasteiger partial charge in [0.2, 0.25) is 15.9 Å². The first kappa shape index (κ1) is 18.1. The fourth-order valence-electron chi connectivity index (χ4n) is 4.74. The van der Waals surface area contributed by atoms with Crippen molar-refractivity contribution in [3.05, 3.63) is 0 Å². The van der Waals surface area contributed by atoms with Gasteiger partial charge in [0.25, 0.3) is 0 Å². The second kappa shape index (κ2) is 7.30. The van der Waals surface area contributed by atoms with Gasteiger partial charge in [0, 0.05) is 26.1 Å². The predicted octanol–water partition coefficient (Wildman–Crippen LogP) is 1.37. The molecule has 1 saturated heterocycles. The lowest BCUT2D eigenvalue weighted by atomic mass is 9.86. The molecule has 0 aromatic carbocycles. The van der Waals surface area contributed by atoms with E-state index in [1.165, 1.54) is 30.0 Å². The highest BCUT2D eigenvalue weighted by molar-refractivity contribution is 7.89. The van der Waals surface area contributed by atoms with E-state index in [1.54, 1.807) is 0 Å². The van der Waals surface area contributed by atoms with E-state index < -0.39 is 10.0 Å². The molecule has 0 aromatic rings. The molecule has 1 amide bonds. The number of hydrogen-bond donors (Lipinski definition) is 1. The Hall–Kier alpha value is -0.660.